The Morgan fingerprint density at radius 3 is 2.07 bits per heavy atom. The summed E-state index contributed by atoms with van der Waals surface area (Å²) in [4.78, 5) is 5.38. The number of rotatable bonds is 3. The lowest BCUT2D eigenvalue weighted by Gasteiger charge is -2.47. The van der Waals surface area contributed by atoms with Crippen LogP contribution in [0.2, 0.25) is 0 Å². The molecule has 1 saturated carbocycles. The molecule has 4 heteroatoms. The highest BCUT2D eigenvalue weighted by atomic mass is 35.5. The van der Waals surface area contributed by atoms with Crippen molar-refractivity contribution in [2.45, 2.75) is 71.8 Å². The van der Waals surface area contributed by atoms with E-state index in [0.29, 0.717) is 16.7 Å². The third-order valence-corrected chi connectivity index (χ3v) is 7.29. The number of ether oxygens (including phenoxy) is 1. The molecular weight excluding hydrogens is 380 g/mol. The lowest BCUT2D eigenvalue weighted by Crippen LogP contribution is -2.52. The van der Waals surface area contributed by atoms with Crippen molar-refractivity contribution in [1.82, 2.24) is 4.90 Å². The van der Waals surface area contributed by atoms with E-state index in [4.69, 9.17) is 4.74 Å². The molecule has 3 fully saturated rings. The molecule has 0 spiro atoms. The summed E-state index contributed by atoms with van der Waals surface area (Å²) < 4.78 is 5.56. The highest BCUT2D eigenvalue weighted by Gasteiger charge is 2.40. The maximum absolute atomic E-state index is 5.56. The Bertz CT molecular complexity index is 645. The Balaban J connectivity index is 0.00000240. The first-order valence-corrected chi connectivity index (χ1v) is 11.5. The van der Waals surface area contributed by atoms with Gasteiger partial charge < -0.3 is 9.64 Å². The van der Waals surface area contributed by atoms with E-state index in [1.165, 1.54) is 50.9 Å². The zero-order valence-corrected chi connectivity index (χ0v) is 19.8. The van der Waals surface area contributed by atoms with Crippen molar-refractivity contribution in [3.8, 4) is 0 Å². The Labute approximate surface area is 184 Å². The molecule has 0 aromatic heterocycles. The molecule has 0 N–H and O–H groups in total. The topological polar surface area (TPSA) is 15.7 Å². The first-order valence-electron chi connectivity index (χ1n) is 11.5. The second kappa shape index (κ2) is 9.16. The molecule has 2 heterocycles. The van der Waals surface area contributed by atoms with Crippen molar-refractivity contribution in [3.05, 3.63) is 29.8 Å². The molecule has 2 aliphatic heterocycles. The van der Waals surface area contributed by atoms with E-state index in [1.54, 1.807) is 5.56 Å². The molecule has 2 saturated heterocycles. The SMILES string of the molecule is CC1(C)CC(c2ccccc2N2CCN(C3CCOCC3)CC2)CC(C)(C)C1.Cl. The minimum Gasteiger partial charge on any atom is -0.381 e. The average molecular weight is 421 g/mol. The molecule has 1 aromatic rings. The molecule has 0 amide bonds. The summed E-state index contributed by atoms with van der Waals surface area (Å²) in [6, 6.07) is 10.0. The lowest BCUT2D eigenvalue weighted by molar-refractivity contribution is 0.0321. The number of hydrogen-bond donors (Lipinski definition) is 0. The number of benzene rings is 1. The van der Waals surface area contributed by atoms with Crippen LogP contribution < -0.4 is 4.90 Å². The monoisotopic (exact) mass is 420 g/mol. The Morgan fingerprint density at radius 1 is 0.862 bits per heavy atom. The predicted octanol–water partition coefficient (Wildman–Crippen LogP) is 5.73. The fraction of sp³-hybridized carbons (Fsp3) is 0.760. The smallest absolute Gasteiger partial charge is 0.0480 e. The number of anilines is 1. The van der Waals surface area contributed by atoms with Gasteiger partial charge in [0, 0.05) is 51.1 Å². The standard InChI is InChI=1S/C25H40N2O.ClH/c1-24(2)17-20(18-25(3,4)19-24)22-7-5-6-8-23(22)27-13-11-26(12-14-27)21-9-15-28-16-10-21;/h5-8,20-21H,9-19H2,1-4H3;1H. The van der Waals surface area contributed by atoms with E-state index in [9.17, 15) is 0 Å². The van der Waals surface area contributed by atoms with Crippen LogP contribution in [0.3, 0.4) is 0 Å². The van der Waals surface area contributed by atoms with Gasteiger partial charge in [0.1, 0.15) is 0 Å². The van der Waals surface area contributed by atoms with Crippen LogP contribution in [-0.2, 0) is 4.74 Å². The second-order valence-corrected chi connectivity index (χ2v) is 11.0. The number of piperazine rings is 1. The van der Waals surface area contributed by atoms with Crippen molar-refractivity contribution in [2.75, 3.05) is 44.3 Å². The normalized spacial score (nSPS) is 26.1. The van der Waals surface area contributed by atoms with Gasteiger partial charge in [-0.3, -0.25) is 4.90 Å². The van der Waals surface area contributed by atoms with E-state index < -0.39 is 0 Å². The van der Waals surface area contributed by atoms with E-state index >= 15 is 0 Å². The van der Waals surface area contributed by atoms with Crippen molar-refractivity contribution < 1.29 is 4.74 Å². The zero-order chi connectivity index (χ0) is 19.8. The second-order valence-electron chi connectivity index (χ2n) is 11.0. The van der Waals surface area contributed by atoms with Crippen molar-refractivity contribution in [2.24, 2.45) is 10.8 Å². The van der Waals surface area contributed by atoms with Gasteiger partial charge in [-0.05, 0) is 60.5 Å². The molecule has 0 bridgehead atoms. The molecule has 1 aliphatic carbocycles. The summed E-state index contributed by atoms with van der Waals surface area (Å²) in [5, 5.41) is 0. The highest BCUT2D eigenvalue weighted by Crippen LogP contribution is 2.53. The van der Waals surface area contributed by atoms with Crippen LogP contribution in [-0.4, -0.2) is 50.3 Å². The van der Waals surface area contributed by atoms with Crippen LogP contribution in [0.1, 0.15) is 71.3 Å². The van der Waals surface area contributed by atoms with Gasteiger partial charge in [0.15, 0.2) is 0 Å². The maximum atomic E-state index is 5.56. The van der Waals surface area contributed by atoms with Crippen LogP contribution >= 0.6 is 12.4 Å². The van der Waals surface area contributed by atoms with E-state index in [0.717, 1.165) is 32.3 Å². The predicted molar refractivity (Wildman–Crippen MR) is 125 cm³/mol. The van der Waals surface area contributed by atoms with Crippen molar-refractivity contribution in [1.29, 1.82) is 0 Å². The molecule has 4 rings (SSSR count). The fourth-order valence-corrected chi connectivity index (χ4v) is 6.56. The minimum atomic E-state index is 0. The molecule has 0 unspecified atom stereocenters. The number of hydrogen-bond acceptors (Lipinski definition) is 3. The van der Waals surface area contributed by atoms with E-state index in [1.807, 2.05) is 0 Å². The summed E-state index contributed by atoms with van der Waals surface area (Å²) in [5.41, 5.74) is 3.97. The van der Waals surface area contributed by atoms with Gasteiger partial charge in [0.05, 0.1) is 0 Å². The van der Waals surface area contributed by atoms with Gasteiger partial charge in [0.25, 0.3) is 0 Å². The molecule has 29 heavy (non-hydrogen) atoms. The first-order chi connectivity index (χ1) is 13.3. The van der Waals surface area contributed by atoms with Gasteiger partial charge >= 0.3 is 0 Å². The molecule has 164 valence electrons. The minimum absolute atomic E-state index is 0. The fourth-order valence-electron chi connectivity index (χ4n) is 6.56. The lowest BCUT2D eigenvalue weighted by atomic mass is 9.60. The Morgan fingerprint density at radius 2 is 1.45 bits per heavy atom. The Hall–Kier alpha value is -0.770. The molecule has 3 aliphatic rings. The summed E-state index contributed by atoms with van der Waals surface area (Å²) >= 11 is 0. The van der Waals surface area contributed by atoms with Gasteiger partial charge in [-0.1, -0.05) is 45.9 Å². The highest BCUT2D eigenvalue weighted by molar-refractivity contribution is 5.85. The van der Waals surface area contributed by atoms with Gasteiger partial charge in [-0.15, -0.1) is 12.4 Å². The van der Waals surface area contributed by atoms with E-state index in [-0.39, 0.29) is 12.4 Å². The molecular formula is C25H41ClN2O. The summed E-state index contributed by atoms with van der Waals surface area (Å²) in [6.07, 6.45) is 6.39. The maximum Gasteiger partial charge on any atom is 0.0480 e. The van der Waals surface area contributed by atoms with Crippen LogP contribution in [0.4, 0.5) is 5.69 Å². The summed E-state index contributed by atoms with van der Waals surface area (Å²) in [7, 11) is 0. The third-order valence-electron chi connectivity index (χ3n) is 7.29. The molecule has 0 radical (unpaired) electrons. The molecule has 3 nitrogen and oxygen atoms in total. The van der Waals surface area contributed by atoms with Crippen molar-refractivity contribution >= 4 is 18.1 Å². The van der Waals surface area contributed by atoms with Gasteiger partial charge in [-0.2, -0.15) is 0 Å². The molecule has 1 aromatic carbocycles. The van der Waals surface area contributed by atoms with Gasteiger partial charge in [-0.25, -0.2) is 0 Å². The Kier molecular flexibility index (Phi) is 7.23. The van der Waals surface area contributed by atoms with Crippen LogP contribution in [0.25, 0.3) is 0 Å². The third kappa shape index (κ3) is 5.48. The van der Waals surface area contributed by atoms with Crippen LogP contribution in [0.15, 0.2) is 24.3 Å². The largest absolute Gasteiger partial charge is 0.381 e. The number of halogens is 1. The quantitative estimate of drug-likeness (QED) is 0.621. The number of nitrogens with zero attached hydrogens (tertiary/aromatic N) is 2. The number of para-hydroxylation sites is 1. The van der Waals surface area contributed by atoms with Gasteiger partial charge in [0.2, 0.25) is 0 Å². The summed E-state index contributed by atoms with van der Waals surface area (Å²) in [6.45, 7) is 16.5. The first kappa shape index (κ1) is 22.9. The summed E-state index contributed by atoms with van der Waals surface area (Å²) in [5.74, 6) is 0.684. The zero-order valence-electron chi connectivity index (χ0n) is 19.0. The average Bonchev–Trinajstić information content (AvgIpc) is 2.66. The van der Waals surface area contributed by atoms with Crippen LogP contribution in [0.5, 0.6) is 0 Å². The van der Waals surface area contributed by atoms with E-state index in [2.05, 4.69) is 61.8 Å². The molecule has 0 atom stereocenters. The van der Waals surface area contributed by atoms with Crippen molar-refractivity contribution in [3.63, 3.8) is 0 Å². The van der Waals surface area contributed by atoms with Crippen LogP contribution in [0, 0.1) is 10.8 Å².